The fourth-order valence-electron chi connectivity index (χ4n) is 0.281. The van der Waals surface area contributed by atoms with Crippen LogP contribution in [0.1, 0.15) is 0 Å². The zero-order valence-electron chi connectivity index (χ0n) is 3.29. The maximum atomic E-state index is 3.93. The summed E-state index contributed by atoms with van der Waals surface area (Å²) in [6, 6.07) is 0. The van der Waals surface area contributed by atoms with E-state index in [0.29, 0.717) is 0 Å². The van der Waals surface area contributed by atoms with Gasteiger partial charge in [0.05, 0.1) is 12.1 Å². The average molecular weight is 99.2 g/mol. The molecule has 0 aliphatic carbocycles. The second-order valence-electron chi connectivity index (χ2n) is 0.978. The Balaban J connectivity index is 2.40. The van der Waals surface area contributed by atoms with Gasteiger partial charge in [-0.2, -0.15) is 0 Å². The van der Waals surface area contributed by atoms with E-state index in [4.69, 9.17) is 0 Å². The lowest BCUT2D eigenvalue weighted by atomic mass is 10.6. The van der Waals surface area contributed by atoms with Crippen LogP contribution in [0.25, 0.3) is 0 Å². The van der Waals surface area contributed by atoms with Crippen molar-refractivity contribution in [2.24, 2.45) is 4.99 Å². The molecule has 32 valence electrons. The maximum Gasteiger partial charge on any atom is 0.0586 e. The lowest BCUT2D eigenvalue weighted by Crippen LogP contribution is -1.74. The molecule has 0 aromatic heterocycles. The van der Waals surface area contributed by atoms with Crippen LogP contribution in [0, 0.1) is 0 Å². The van der Waals surface area contributed by atoms with Crippen LogP contribution in [0.2, 0.25) is 0 Å². The highest BCUT2D eigenvalue weighted by molar-refractivity contribution is 8.14. The van der Waals surface area contributed by atoms with Crippen LogP contribution in [0.5, 0.6) is 0 Å². The van der Waals surface area contributed by atoms with Gasteiger partial charge in [-0.15, -0.1) is 0 Å². The van der Waals surface area contributed by atoms with E-state index in [2.05, 4.69) is 4.99 Å². The first-order chi connectivity index (χ1) is 3.00. The van der Waals surface area contributed by atoms with E-state index in [1.165, 1.54) is 0 Å². The third kappa shape index (κ3) is 0.863. The lowest BCUT2D eigenvalue weighted by molar-refractivity contribution is 1.27. The van der Waals surface area contributed by atoms with Gasteiger partial charge in [0.2, 0.25) is 0 Å². The Morgan fingerprint density at radius 2 is 2.67 bits per heavy atom. The summed E-state index contributed by atoms with van der Waals surface area (Å²) in [5.74, 6) is 0. The Hall–Kier alpha value is -0.240. The van der Waals surface area contributed by atoms with Crippen LogP contribution >= 0.6 is 11.8 Å². The molecule has 1 nitrogen and oxygen atoms in total. The SMILES string of the molecule is C1=CSC=NC1. The van der Waals surface area contributed by atoms with Crippen LogP contribution in [-0.2, 0) is 0 Å². The maximum absolute atomic E-state index is 3.93. The molecule has 0 atom stereocenters. The molecule has 6 heavy (non-hydrogen) atoms. The third-order valence-corrected chi connectivity index (χ3v) is 1.14. The van der Waals surface area contributed by atoms with E-state index in [9.17, 15) is 0 Å². The predicted octanol–water partition coefficient (Wildman–Crippen LogP) is 1.28. The highest BCUT2D eigenvalue weighted by Crippen LogP contribution is 2.00. The lowest BCUT2D eigenvalue weighted by Gasteiger charge is -1.87. The predicted molar refractivity (Wildman–Crippen MR) is 30.1 cm³/mol. The molecule has 0 radical (unpaired) electrons. The Kier molecular flexibility index (Phi) is 1.33. The molecule has 1 heterocycles. The van der Waals surface area contributed by atoms with Crippen LogP contribution in [0.15, 0.2) is 16.5 Å². The van der Waals surface area contributed by atoms with Gasteiger partial charge in [-0.1, -0.05) is 17.8 Å². The van der Waals surface area contributed by atoms with Crippen LogP contribution in [0.4, 0.5) is 0 Å². The molecule has 0 aromatic rings. The number of rotatable bonds is 0. The largest absolute Gasteiger partial charge is 0.282 e. The van der Waals surface area contributed by atoms with Crippen molar-refractivity contribution in [3.63, 3.8) is 0 Å². The molecule has 0 saturated carbocycles. The van der Waals surface area contributed by atoms with Gasteiger partial charge in [0, 0.05) is 0 Å². The highest BCUT2D eigenvalue weighted by atomic mass is 32.2. The summed E-state index contributed by atoms with van der Waals surface area (Å²) in [7, 11) is 0. The molecule has 0 saturated heterocycles. The first-order valence-electron chi connectivity index (χ1n) is 1.79. The zero-order chi connectivity index (χ0) is 4.24. The quantitative estimate of drug-likeness (QED) is 0.445. The number of hydrogen-bond donors (Lipinski definition) is 0. The summed E-state index contributed by atoms with van der Waals surface area (Å²) >= 11 is 1.62. The number of aliphatic imine (C=N–C) groups is 1. The van der Waals surface area contributed by atoms with Crippen molar-refractivity contribution in [2.75, 3.05) is 6.54 Å². The molecule has 2 heteroatoms. The van der Waals surface area contributed by atoms with Crippen molar-refractivity contribution >= 4 is 17.3 Å². The van der Waals surface area contributed by atoms with E-state index in [1.807, 2.05) is 17.0 Å². The smallest absolute Gasteiger partial charge is 0.0586 e. The summed E-state index contributed by atoms with van der Waals surface area (Å²) < 4.78 is 0. The van der Waals surface area contributed by atoms with Crippen molar-refractivity contribution < 1.29 is 0 Å². The van der Waals surface area contributed by atoms with Gasteiger partial charge in [-0.05, 0) is 5.41 Å². The topological polar surface area (TPSA) is 12.4 Å². The monoisotopic (exact) mass is 99.0 g/mol. The van der Waals surface area contributed by atoms with Crippen LogP contribution < -0.4 is 0 Å². The fourth-order valence-corrected chi connectivity index (χ4v) is 0.720. The first kappa shape index (κ1) is 3.93. The van der Waals surface area contributed by atoms with Crippen LogP contribution in [-0.4, -0.2) is 12.1 Å². The van der Waals surface area contributed by atoms with E-state index in [1.54, 1.807) is 11.8 Å². The van der Waals surface area contributed by atoms with E-state index < -0.39 is 0 Å². The molecule has 0 spiro atoms. The van der Waals surface area contributed by atoms with Crippen molar-refractivity contribution in [3.05, 3.63) is 11.5 Å². The van der Waals surface area contributed by atoms with Gasteiger partial charge in [0.15, 0.2) is 0 Å². The minimum atomic E-state index is 0.868. The highest BCUT2D eigenvalue weighted by Gasteiger charge is 1.77. The summed E-state index contributed by atoms with van der Waals surface area (Å²) in [6.45, 7) is 0.868. The molecule has 0 N–H and O–H groups in total. The van der Waals surface area contributed by atoms with Gasteiger partial charge >= 0.3 is 0 Å². The molecule has 1 aliphatic rings. The average Bonchev–Trinajstić information content (AvgIpc) is 1.72. The Bertz CT molecular complexity index is 65.5. The second kappa shape index (κ2) is 2.03. The molecule has 1 aliphatic heterocycles. The standard InChI is InChI=1S/C4H5NS/c1-2-5-4-6-3-1/h1,3-4H,2H2. The van der Waals surface area contributed by atoms with E-state index >= 15 is 0 Å². The van der Waals surface area contributed by atoms with Crippen LogP contribution in [0.3, 0.4) is 0 Å². The zero-order valence-corrected chi connectivity index (χ0v) is 4.11. The molecular formula is C4H5NS. The van der Waals surface area contributed by atoms with Gasteiger partial charge in [-0.3, -0.25) is 4.99 Å². The number of hydrogen-bond acceptors (Lipinski definition) is 2. The Morgan fingerprint density at radius 3 is 2.83 bits per heavy atom. The second-order valence-corrected chi connectivity index (χ2v) is 1.73. The molecule has 0 bridgehead atoms. The molecule has 0 unspecified atom stereocenters. The van der Waals surface area contributed by atoms with Gasteiger partial charge in [-0.25, -0.2) is 0 Å². The van der Waals surface area contributed by atoms with Gasteiger partial charge < -0.3 is 0 Å². The fraction of sp³-hybridized carbons (Fsp3) is 0.250. The van der Waals surface area contributed by atoms with Crippen molar-refractivity contribution in [2.45, 2.75) is 0 Å². The Labute approximate surface area is 41.2 Å². The Morgan fingerprint density at radius 1 is 1.67 bits per heavy atom. The molecule has 0 fully saturated rings. The molecule has 0 aromatic carbocycles. The van der Waals surface area contributed by atoms with E-state index in [0.717, 1.165) is 6.54 Å². The third-order valence-electron chi connectivity index (χ3n) is 0.521. The molecule has 0 amide bonds. The number of thioether (sulfide) groups is 1. The van der Waals surface area contributed by atoms with Crippen molar-refractivity contribution in [3.8, 4) is 0 Å². The minimum absolute atomic E-state index is 0.868. The summed E-state index contributed by atoms with van der Waals surface area (Å²) in [4.78, 5) is 3.93. The van der Waals surface area contributed by atoms with Gasteiger partial charge in [0.1, 0.15) is 0 Å². The minimum Gasteiger partial charge on any atom is -0.282 e. The molecule has 1 rings (SSSR count). The summed E-state index contributed by atoms with van der Waals surface area (Å²) in [5.41, 5.74) is 1.85. The first-order valence-corrected chi connectivity index (χ1v) is 2.73. The summed E-state index contributed by atoms with van der Waals surface area (Å²) in [5, 5.41) is 2.03. The van der Waals surface area contributed by atoms with Crippen molar-refractivity contribution in [1.82, 2.24) is 0 Å². The normalized spacial score (nSPS) is 18.7. The number of nitrogens with zero attached hydrogens (tertiary/aromatic N) is 1. The van der Waals surface area contributed by atoms with Gasteiger partial charge in [0.25, 0.3) is 0 Å². The molecular weight excluding hydrogens is 94.1 g/mol. The van der Waals surface area contributed by atoms with Crippen molar-refractivity contribution in [1.29, 1.82) is 0 Å². The van der Waals surface area contributed by atoms with E-state index in [-0.39, 0.29) is 0 Å². The summed E-state index contributed by atoms with van der Waals surface area (Å²) in [6.07, 6.45) is 2.03.